The van der Waals surface area contributed by atoms with Gasteiger partial charge in [-0.15, -0.1) is 10.2 Å². The number of hydrogen-bond acceptors (Lipinski definition) is 5. The number of benzene rings is 2. The highest BCUT2D eigenvalue weighted by molar-refractivity contribution is 5.94. The van der Waals surface area contributed by atoms with Crippen molar-refractivity contribution in [1.82, 2.24) is 25.1 Å². The van der Waals surface area contributed by atoms with Gasteiger partial charge in [-0.05, 0) is 68.3 Å². The summed E-state index contributed by atoms with van der Waals surface area (Å²) in [5.74, 6) is 0.573. The standard InChI is InChI=1S/C26H23F2N5O2/c1-2-35-20-11-12-22(29-15-20)25-32-31-24(33(25)23-6-4-3-5-21(23)28)17-13-19(14-17)30-26(34)16-7-9-18(27)10-8-16/h3-12,15,17,19H,2,13-14H2,1H3,(H,30,34). The number of carbonyl (C=O) groups is 1. The fraction of sp³-hybridized carbons (Fsp3) is 0.231. The molecule has 2 aromatic heterocycles. The highest BCUT2D eigenvalue weighted by Crippen LogP contribution is 2.39. The van der Waals surface area contributed by atoms with Crippen LogP contribution < -0.4 is 10.1 Å². The predicted octanol–water partition coefficient (Wildman–Crippen LogP) is 4.68. The first kappa shape index (κ1) is 22.6. The van der Waals surface area contributed by atoms with Crippen LogP contribution in [-0.4, -0.2) is 38.3 Å². The quantitative estimate of drug-likeness (QED) is 0.420. The minimum atomic E-state index is -0.402. The van der Waals surface area contributed by atoms with Crippen LogP contribution in [0.4, 0.5) is 8.78 Å². The average Bonchev–Trinajstić information content (AvgIpc) is 3.26. The predicted molar refractivity (Wildman–Crippen MR) is 125 cm³/mol. The zero-order chi connectivity index (χ0) is 24.4. The Balaban J connectivity index is 1.39. The highest BCUT2D eigenvalue weighted by atomic mass is 19.1. The molecule has 2 aromatic carbocycles. The van der Waals surface area contributed by atoms with Crippen LogP contribution in [0.1, 0.15) is 41.9 Å². The van der Waals surface area contributed by atoms with E-state index >= 15 is 0 Å². The first-order valence-electron chi connectivity index (χ1n) is 11.4. The first-order chi connectivity index (χ1) is 17.0. The number of halogens is 2. The lowest BCUT2D eigenvalue weighted by atomic mass is 9.79. The maximum Gasteiger partial charge on any atom is 0.251 e. The van der Waals surface area contributed by atoms with Crippen molar-refractivity contribution in [3.63, 3.8) is 0 Å². The lowest BCUT2D eigenvalue weighted by Gasteiger charge is -2.35. The zero-order valence-electron chi connectivity index (χ0n) is 19.0. The van der Waals surface area contributed by atoms with Crippen LogP contribution in [0, 0.1) is 11.6 Å². The van der Waals surface area contributed by atoms with Crippen molar-refractivity contribution >= 4 is 5.91 Å². The molecule has 0 bridgehead atoms. The number of pyridine rings is 1. The van der Waals surface area contributed by atoms with E-state index in [-0.39, 0.29) is 17.9 Å². The van der Waals surface area contributed by atoms with Gasteiger partial charge in [0.15, 0.2) is 5.82 Å². The van der Waals surface area contributed by atoms with Crippen LogP contribution in [0.15, 0.2) is 66.9 Å². The molecule has 1 aliphatic rings. The van der Waals surface area contributed by atoms with E-state index in [1.165, 1.54) is 30.3 Å². The van der Waals surface area contributed by atoms with Crippen molar-refractivity contribution in [2.24, 2.45) is 0 Å². The SMILES string of the molecule is CCOc1ccc(-c2nnc(C3CC(NC(=O)c4ccc(F)cc4)C3)n2-c2ccccc2F)nc1. The summed E-state index contributed by atoms with van der Waals surface area (Å²) in [4.78, 5) is 16.9. The van der Waals surface area contributed by atoms with E-state index in [1.807, 2.05) is 6.92 Å². The fourth-order valence-corrected chi connectivity index (χ4v) is 4.18. The first-order valence-corrected chi connectivity index (χ1v) is 11.4. The van der Waals surface area contributed by atoms with Gasteiger partial charge in [0, 0.05) is 17.5 Å². The van der Waals surface area contributed by atoms with Crippen molar-refractivity contribution in [1.29, 1.82) is 0 Å². The Bertz CT molecular complexity index is 1330. The Hall–Kier alpha value is -4.14. The number of hydrogen-bond donors (Lipinski definition) is 1. The van der Waals surface area contributed by atoms with E-state index in [9.17, 15) is 13.6 Å². The van der Waals surface area contributed by atoms with Crippen molar-refractivity contribution in [3.05, 3.63) is 89.9 Å². The van der Waals surface area contributed by atoms with Crippen LogP contribution in [0.5, 0.6) is 5.75 Å². The molecule has 9 heteroatoms. The number of ether oxygens (including phenoxy) is 1. The monoisotopic (exact) mass is 475 g/mol. The molecule has 0 saturated heterocycles. The lowest BCUT2D eigenvalue weighted by molar-refractivity contribution is 0.0907. The Morgan fingerprint density at radius 3 is 2.51 bits per heavy atom. The minimum Gasteiger partial charge on any atom is -0.492 e. The summed E-state index contributed by atoms with van der Waals surface area (Å²) in [6.07, 6.45) is 2.84. The molecule has 1 fully saturated rings. The second-order valence-electron chi connectivity index (χ2n) is 8.33. The second-order valence-corrected chi connectivity index (χ2v) is 8.33. The Morgan fingerprint density at radius 2 is 1.83 bits per heavy atom. The number of amides is 1. The topological polar surface area (TPSA) is 81.9 Å². The van der Waals surface area contributed by atoms with E-state index in [0.717, 1.165) is 0 Å². The molecule has 0 aliphatic heterocycles. The Labute approximate surface area is 200 Å². The number of carbonyl (C=O) groups excluding carboxylic acids is 1. The fourth-order valence-electron chi connectivity index (χ4n) is 4.18. The average molecular weight is 475 g/mol. The Kier molecular flexibility index (Phi) is 6.22. The number of aromatic nitrogens is 4. The molecule has 2 heterocycles. The normalized spacial score (nSPS) is 17.0. The molecular weight excluding hydrogens is 452 g/mol. The summed E-state index contributed by atoms with van der Waals surface area (Å²) in [5.41, 5.74) is 1.26. The third-order valence-electron chi connectivity index (χ3n) is 6.00. The summed E-state index contributed by atoms with van der Waals surface area (Å²) in [6.45, 7) is 2.42. The molecule has 1 saturated carbocycles. The highest BCUT2D eigenvalue weighted by Gasteiger charge is 2.36. The molecular formula is C26H23F2N5O2. The smallest absolute Gasteiger partial charge is 0.251 e. The molecule has 0 radical (unpaired) electrons. The van der Waals surface area contributed by atoms with Gasteiger partial charge in [-0.25, -0.2) is 13.8 Å². The van der Waals surface area contributed by atoms with E-state index in [2.05, 4.69) is 20.5 Å². The molecule has 1 amide bonds. The largest absolute Gasteiger partial charge is 0.492 e. The molecule has 0 unspecified atom stereocenters. The molecule has 1 N–H and O–H groups in total. The van der Waals surface area contributed by atoms with Crippen molar-refractivity contribution in [2.75, 3.05) is 6.61 Å². The van der Waals surface area contributed by atoms with Crippen LogP contribution in [0.25, 0.3) is 17.2 Å². The Morgan fingerprint density at radius 1 is 1.06 bits per heavy atom. The summed E-state index contributed by atoms with van der Waals surface area (Å²) in [6, 6.07) is 15.3. The molecule has 178 valence electrons. The van der Waals surface area contributed by atoms with Gasteiger partial charge in [-0.3, -0.25) is 9.36 Å². The van der Waals surface area contributed by atoms with Gasteiger partial charge in [0.25, 0.3) is 5.91 Å². The summed E-state index contributed by atoms with van der Waals surface area (Å²) >= 11 is 0. The van der Waals surface area contributed by atoms with E-state index in [4.69, 9.17) is 4.74 Å². The van der Waals surface area contributed by atoms with Gasteiger partial charge in [0.1, 0.15) is 28.9 Å². The van der Waals surface area contributed by atoms with E-state index < -0.39 is 11.6 Å². The molecule has 0 atom stereocenters. The number of para-hydroxylation sites is 1. The van der Waals surface area contributed by atoms with Gasteiger partial charge in [0.2, 0.25) is 0 Å². The number of rotatable bonds is 7. The number of nitrogens with one attached hydrogen (secondary N) is 1. The third-order valence-corrected chi connectivity index (χ3v) is 6.00. The molecule has 4 aromatic rings. The van der Waals surface area contributed by atoms with Crippen molar-refractivity contribution in [2.45, 2.75) is 31.7 Å². The maximum atomic E-state index is 14.8. The van der Waals surface area contributed by atoms with E-state index in [0.29, 0.717) is 53.8 Å². The van der Waals surface area contributed by atoms with Crippen LogP contribution in [0.3, 0.4) is 0 Å². The van der Waals surface area contributed by atoms with Gasteiger partial charge < -0.3 is 10.1 Å². The van der Waals surface area contributed by atoms with Gasteiger partial charge in [-0.1, -0.05) is 12.1 Å². The summed E-state index contributed by atoms with van der Waals surface area (Å²) in [7, 11) is 0. The minimum absolute atomic E-state index is 0.0305. The van der Waals surface area contributed by atoms with Gasteiger partial charge in [0.05, 0.1) is 18.5 Å². The van der Waals surface area contributed by atoms with Crippen LogP contribution >= 0.6 is 0 Å². The molecule has 5 rings (SSSR count). The molecule has 7 nitrogen and oxygen atoms in total. The second kappa shape index (κ2) is 9.61. The lowest BCUT2D eigenvalue weighted by Crippen LogP contribution is -2.44. The van der Waals surface area contributed by atoms with Crippen molar-refractivity contribution < 1.29 is 18.3 Å². The maximum absolute atomic E-state index is 14.8. The van der Waals surface area contributed by atoms with E-state index in [1.54, 1.807) is 41.1 Å². The zero-order valence-corrected chi connectivity index (χ0v) is 19.0. The molecule has 0 spiro atoms. The van der Waals surface area contributed by atoms with Crippen molar-refractivity contribution in [3.8, 4) is 23.0 Å². The van der Waals surface area contributed by atoms with Gasteiger partial charge >= 0.3 is 0 Å². The van der Waals surface area contributed by atoms with Crippen LogP contribution in [0.2, 0.25) is 0 Å². The third kappa shape index (κ3) is 4.62. The summed E-state index contributed by atoms with van der Waals surface area (Å²) in [5, 5.41) is 11.7. The van der Waals surface area contributed by atoms with Crippen LogP contribution in [-0.2, 0) is 0 Å². The summed E-state index contributed by atoms with van der Waals surface area (Å²) < 4.78 is 35.1. The molecule has 1 aliphatic carbocycles. The molecule has 35 heavy (non-hydrogen) atoms. The van der Waals surface area contributed by atoms with Gasteiger partial charge in [-0.2, -0.15) is 0 Å². The number of nitrogens with zero attached hydrogens (tertiary/aromatic N) is 4.